The van der Waals surface area contributed by atoms with E-state index < -0.39 is 0 Å². The van der Waals surface area contributed by atoms with Gasteiger partial charge in [-0.05, 0) is 6.07 Å². The SMILES string of the molecule is Cn1ncc2cc(C=O)cnc21. The van der Waals surface area contributed by atoms with Crippen molar-refractivity contribution in [3.63, 3.8) is 0 Å². The van der Waals surface area contributed by atoms with Gasteiger partial charge in [-0.25, -0.2) is 4.98 Å². The summed E-state index contributed by atoms with van der Waals surface area (Å²) in [6.45, 7) is 0. The van der Waals surface area contributed by atoms with Crippen LogP contribution in [0, 0.1) is 0 Å². The fraction of sp³-hybridized carbons (Fsp3) is 0.125. The molecule has 4 heteroatoms. The number of nitrogens with zero attached hydrogens (tertiary/aromatic N) is 3. The Hall–Kier alpha value is -1.71. The lowest BCUT2D eigenvalue weighted by atomic mass is 10.2. The van der Waals surface area contributed by atoms with E-state index in [1.54, 1.807) is 16.9 Å². The van der Waals surface area contributed by atoms with Crippen LogP contribution in [0.5, 0.6) is 0 Å². The van der Waals surface area contributed by atoms with Crippen molar-refractivity contribution in [2.75, 3.05) is 0 Å². The number of rotatable bonds is 1. The Morgan fingerprint density at radius 3 is 3.08 bits per heavy atom. The van der Waals surface area contributed by atoms with E-state index >= 15 is 0 Å². The van der Waals surface area contributed by atoms with E-state index in [1.807, 2.05) is 7.05 Å². The number of hydrogen-bond donors (Lipinski definition) is 0. The number of pyridine rings is 1. The standard InChI is InChI=1S/C8H7N3O/c1-11-8-7(4-10-11)2-6(5-12)3-9-8/h2-5H,1H3. The van der Waals surface area contributed by atoms with Crippen molar-refractivity contribution in [3.05, 3.63) is 24.0 Å². The third-order valence-corrected chi connectivity index (χ3v) is 1.73. The van der Waals surface area contributed by atoms with Gasteiger partial charge < -0.3 is 0 Å². The fourth-order valence-electron chi connectivity index (χ4n) is 1.12. The third kappa shape index (κ3) is 0.887. The average Bonchev–Trinajstić information content (AvgIpc) is 2.47. The van der Waals surface area contributed by atoms with E-state index in [9.17, 15) is 4.79 Å². The number of aryl methyl sites for hydroxylation is 1. The molecule has 0 unspecified atom stereocenters. The molecule has 2 rings (SSSR count). The van der Waals surface area contributed by atoms with E-state index in [-0.39, 0.29) is 0 Å². The van der Waals surface area contributed by atoms with Gasteiger partial charge in [0.2, 0.25) is 0 Å². The van der Waals surface area contributed by atoms with Crippen molar-refractivity contribution in [1.29, 1.82) is 0 Å². The molecule has 0 N–H and O–H groups in total. The molecule has 0 atom stereocenters. The van der Waals surface area contributed by atoms with Crippen LogP contribution in [-0.4, -0.2) is 21.1 Å². The van der Waals surface area contributed by atoms with Gasteiger partial charge in [-0.1, -0.05) is 0 Å². The zero-order valence-electron chi connectivity index (χ0n) is 6.56. The number of carbonyl (C=O) groups excluding carboxylic acids is 1. The highest BCUT2D eigenvalue weighted by atomic mass is 16.1. The summed E-state index contributed by atoms with van der Waals surface area (Å²) in [5.74, 6) is 0. The van der Waals surface area contributed by atoms with E-state index in [0.29, 0.717) is 5.56 Å². The van der Waals surface area contributed by atoms with Gasteiger partial charge in [0.15, 0.2) is 11.9 Å². The smallest absolute Gasteiger partial charge is 0.157 e. The second kappa shape index (κ2) is 2.41. The summed E-state index contributed by atoms with van der Waals surface area (Å²) >= 11 is 0. The summed E-state index contributed by atoms with van der Waals surface area (Å²) in [5, 5.41) is 4.90. The second-order valence-electron chi connectivity index (χ2n) is 2.57. The highest BCUT2D eigenvalue weighted by molar-refractivity contribution is 5.83. The lowest BCUT2D eigenvalue weighted by Crippen LogP contribution is -1.91. The molecular weight excluding hydrogens is 154 g/mol. The zero-order valence-corrected chi connectivity index (χ0v) is 6.56. The van der Waals surface area contributed by atoms with Crippen LogP contribution in [0.3, 0.4) is 0 Å². The molecule has 0 fully saturated rings. The molecule has 0 radical (unpaired) electrons. The number of fused-ring (bicyclic) bond motifs is 1. The zero-order chi connectivity index (χ0) is 8.55. The first-order valence-corrected chi connectivity index (χ1v) is 3.54. The van der Waals surface area contributed by atoms with Gasteiger partial charge in [-0.3, -0.25) is 9.48 Å². The summed E-state index contributed by atoms with van der Waals surface area (Å²) in [6, 6.07) is 1.77. The van der Waals surface area contributed by atoms with Crippen LogP contribution >= 0.6 is 0 Å². The first kappa shape index (κ1) is 6.97. The Kier molecular flexibility index (Phi) is 1.40. The maximum absolute atomic E-state index is 10.4. The summed E-state index contributed by atoms with van der Waals surface area (Å²) in [4.78, 5) is 14.5. The normalized spacial score (nSPS) is 10.4. The second-order valence-corrected chi connectivity index (χ2v) is 2.57. The molecule has 12 heavy (non-hydrogen) atoms. The number of aldehydes is 1. The van der Waals surface area contributed by atoms with Gasteiger partial charge in [-0.2, -0.15) is 5.10 Å². The van der Waals surface area contributed by atoms with Crippen LogP contribution in [0.2, 0.25) is 0 Å². The molecule has 2 aromatic heterocycles. The van der Waals surface area contributed by atoms with Crippen molar-refractivity contribution in [3.8, 4) is 0 Å². The minimum absolute atomic E-state index is 0.579. The number of aromatic nitrogens is 3. The maximum Gasteiger partial charge on any atom is 0.157 e. The fourth-order valence-corrected chi connectivity index (χ4v) is 1.12. The molecule has 0 saturated heterocycles. The Bertz CT molecular complexity index is 433. The van der Waals surface area contributed by atoms with Crippen molar-refractivity contribution >= 4 is 17.3 Å². The third-order valence-electron chi connectivity index (χ3n) is 1.73. The molecule has 4 nitrogen and oxygen atoms in total. The summed E-state index contributed by atoms with van der Waals surface area (Å²) in [5.41, 5.74) is 1.37. The monoisotopic (exact) mass is 161 g/mol. The minimum atomic E-state index is 0.579. The Balaban J connectivity index is 2.77. The largest absolute Gasteiger partial charge is 0.298 e. The van der Waals surface area contributed by atoms with E-state index in [4.69, 9.17) is 0 Å². The minimum Gasteiger partial charge on any atom is -0.298 e. The molecular formula is C8H7N3O. The quantitative estimate of drug-likeness (QED) is 0.580. The van der Waals surface area contributed by atoms with Gasteiger partial charge in [0.05, 0.1) is 6.20 Å². The van der Waals surface area contributed by atoms with E-state index in [1.165, 1.54) is 6.20 Å². The molecule has 0 spiro atoms. The van der Waals surface area contributed by atoms with Crippen LogP contribution < -0.4 is 0 Å². The predicted octanol–water partition coefficient (Wildman–Crippen LogP) is 0.781. The Morgan fingerprint density at radius 2 is 2.33 bits per heavy atom. The van der Waals surface area contributed by atoms with Gasteiger partial charge in [-0.15, -0.1) is 0 Å². The first-order valence-electron chi connectivity index (χ1n) is 3.54. The highest BCUT2D eigenvalue weighted by Gasteiger charge is 2.00. The molecule has 0 amide bonds. The summed E-state index contributed by atoms with van der Waals surface area (Å²) in [7, 11) is 1.82. The Morgan fingerprint density at radius 1 is 1.50 bits per heavy atom. The molecule has 2 heterocycles. The molecule has 0 aliphatic rings. The van der Waals surface area contributed by atoms with Crippen LogP contribution in [-0.2, 0) is 7.05 Å². The topological polar surface area (TPSA) is 47.8 Å². The average molecular weight is 161 g/mol. The van der Waals surface area contributed by atoms with Crippen molar-refractivity contribution in [2.24, 2.45) is 7.05 Å². The summed E-state index contributed by atoms with van der Waals surface area (Å²) in [6.07, 6.45) is 4.01. The van der Waals surface area contributed by atoms with Crippen molar-refractivity contribution in [2.45, 2.75) is 0 Å². The molecule has 0 aromatic carbocycles. The van der Waals surface area contributed by atoms with Crippen LogP contribution in [0.15, 0.2) is 18.5 Å². The van der Waals surface area contributed by atoms with Gasteiger partial charge in [0.1, 0.15) is 0 Å². The lowest BCUT2D eigenvalue weighted by Gasteiger charge is -1.92. The van der Waals surface area contributed by atoms with E-state index in [0.717, 1.165) is 17.3 Å². The molecule has 0 aliphatic carbocycles. The van der Waals surface area contributed by atoms with Crippen LogP contribution in [0.1, 0.15) is 10.4 Å². The van der Waals surface area contributed by atoms with Gasteiger partial charge in [0.25, 0.3) is 0 Å². The van der Waals surface area contributed by atoms with Crippen LogP contribution in [0.4, 0.5) is 0 Å². The van der Waals surface area contributed by atoms with Crippen molar-refractivity contribution in [1.82, 2.24) is 14.8 Å². The van der Waals surface area contributed by atoms with Gasteiger partial charge in [0, 0.05) is 24.2 Å². The molecule has 0 aliphatic heterocycles. The Labute approximate surface area is 68.8 Å². The lowest BCUT2D eigenvalue weighted by molar-refractivity contribution is 0.112. The predicted molar refractivity (Wildman–Crippen MR) is 43.9 cm³/mol. The van der Waals surface area contributed by atoms with E-state index in [2.05, 4.69) is 10.1 Å². The number of carbonyl (C=O) groups is 1. The van der Waals surface area contributed by atoms with Gasteiger partial charge >= 0.3 is 0 Å². The summed E-state index contributed by atoms with van der Waals surface area (Å²) < 4.78 is 1.67. The highest BCUT2D eigenvalue weighted by Crippen LogP contribution is 2.09. The molecule has 0 bridgehead atoms. The molecule has 2 aromatic rings. The molecule has 60 valence electrons. The molecule has 0 saturated carbocycles. The first-order chi connectivity index (χ1) is 5.81. The maximum atomic E-state index is 10.4. The number of hydrogen-bond acceptors (Lipinski definition) is 3. The van der Waals surface area contributed by atoms with Crippen LogP contribution in [0.25, 0.3) is 11.0 Å². The van der Waals surface area contributed by atoms with Crippen molar-refractivity contribution < 1.29 is 4.79 Å².